The molecule has 2 aromatic carbocycles. The molecule has 3 aliphatic rings. The number of nitrogens with one attached hydrogen (secondary N) is 2. The van der Waals surface area contributed by atoms with E-state index >= 15 is 0 Å². The van der Waals surface area contributed by atoms with Crippen LogP contribution in [0.4, 0.5) is 10.7 Å². The number of carbonyl (C=O) groups is 3. The number of aliphatic carboxylic acids is 1. The highest BCUT2D eigenvalue weighted by molar-refractivity contribution is 5.93. The normalized spacial score (nSPS) is 22.1. The molecule has 3 aromatic rings. The number of aromatic nitrogens is 3. The molecule has 2 saturated heterocycles. The number of carbonyl (C=O) groups excluding carboxylic acids is 2. The number of nitrogens with zero attached hydrogens (tertiary/aromatic N) is 3. The number of ether oxygens (including phenoxy) is 1. The number of fused-ring (bicyclic) bond motifs is 5. The van der Waals surface area contributed by atoms with Gasteiger partial charge in [-0.05, 0) is 41.5 Å². The number of benzene rings is 2. The Morgan fingerprint density at radius 3 is 2.40 bits per heavy atom. The molecule has 0 spiro atoms. The van der Waals surface area contributed by atoms with E-state index in [4.69, 9.17) is 4.74 Å². The Morgan fingerprint density at radius 1 is 1.06 bits per heavy atom. The van der Waals surface area contributed by atoms with Crippen LogP contribution < -0.4 is 5.32 Å². The lowest BCUT2D eigenvalue weighted by Crippen LogP contribution is -2.38. The Morgan fingerprint density at radius 2 is 1.74 bits per heavy atom. The third-order valence-corrected chi connectivity index (χ3v) is 7.33. The lowest BCUT2D eigenvalue weighted by molar-refractivity contribution is -0.142. The van der Waals surface area contributed by atoms with E-state index in [0.717, 1.165) is 28.7 Å². The first-order valence-electron chi connectivity index (χ1n) is 11.6. The molecule has 178 valence electrons. The van der Waals surface area contributed by atoms with Gasteiger partial charge in [0.1, 0.15) is 6.61 Å². The first-order valence-corrected chi connectivity index (χ1v) is 11.6. The fraction of sp³-hybridized carbons (Fsp3) is 0.320. The van der Waals surface area contributed by atoms with E-state index in [1.165, 1.54) is 0 Å². The molecule has 35 heavy (non-hydrogen) atoms. The second-order valence-corrected chi connectivity index (χ2v) is 9.15. The zero-order chi connectivity index (χ0) is 24.1. The Labute approximate surface area is 200 Å². The van der Waals surface area contributed by atoms with E-state index in [1.54, 1.807) is 4.90 Å². The SMILES string of the molecule is O=C(Nc1n[nH]c(C(=O)N2[C@@H]3CC[C@H]2[C@@H](C(=O)O)C3)n1)OCC1c2ccccc2-c2ccccc21. The molecular formula is C25H23N5O5. The van der Waals surface area contributed by atoms with Crippen LogP contribution in [0.1, 0.15) is 46.9 Å². The molecule has 6 rings (SSSR count). The van der Waals surface area contributed by atoms with E-state index < -0.39 is 23.9 Å². The summed E-state index contributed by atoms with van der Waals surface area (Å²) in [4.78, 5) is 42.6. The van der Waals surface area contributed by atoms with Crippen LogP contribution in [-0.4, -0.2) is 61.8 Å². The average Bonchev–Trinajstić information content (AvgIpc) is 3.64. The Hall–Kier alpha value is -4.21. The van der Waals surface area contributed by atoms with Crippen molar-refractivity contribution in [1.29, 1.82) is 0 Å². The van der Waals surface area contributed by atoms with Crippen LogP contribution in [0.3, 0.4) is 0 Å². The zero-order valence-electron chi connectivity index (χ0n) is 18.7. The van der Waals surface area contributed by atoms with Gasteiger partial charge >= 0.3 is 12.1 Å². The predicted molar refractivity (Wildman–Crippen MR) is 124 cm³/mol. The van der Waals surface area contributed by atoms with Crippen molar-refractivity contribution in [2.75, 3.05) is 11.9 Å². The van der Waals surface area contributed by atoms with Crippen molar-refractivity contribution in [3.63, 3.8) is 0 Å². The van der Waals surface area contributed by atoms with E-state index in [1.807, 2.05) is 36.4 Å². The lowest BCUT2D eigenvalue weighted by atomic mass is 9.89. The standard InChI is InChI=1S/C25H23N5O5/c31-22(30-13-9-10-20(30)18(11-13)23(32)33)21-26-24(29-28-21)27-25(34)35-12-19-16-7-3-1-5-14(16)15-6-2-4-8-17(15)19/h1-8,13,18-20H,9-12H2,(H,32,33)(H2,26,27,28,29,34)/t13-,18+,20+/m1/s1. The minimum atomic E-state index is -0.884. The number of hydrogen-bond donors (Lipinski definition) is 3. The van der Waals surface area contributed by atoms with Gasteiger partial charge in [0.2, 0.25) is 5.82 Å². The maximum atomic E-state index is 13.0. The number of H-pyrrole nitrogens is 1. The van der Waals surface area contributed by atoms with E-state index in [2.05, 4.69) is 32.6 Å². The van der Waals surface area contributed by atoms with Crippen molar-refractivity contribution in [1.82, 2.24) is 20.1 Å². The van der Waals surface area contributed by atoms with Crippen LogP contribution in [0.5, 0.6) is 0 Å². The molecular weight excluding hydrogens is 450 g/mol. The second-order valence-electron chi connectivity index (χ2n) is 9.15. The number of amides is 2. The number of rotatable bonds is 5. The molecule has 3 N–H and O–H groups in total. The largest absolute Gasteiger partial charge is 0.481 e. The topological polar surface area (TPSA) is 138 Å². The van der Waals surface area contributed by atoms with Gasteiger partial charge in [0.25, 0.3) is 11.9 Å². The van der Waals surface area contributed by atoms with Gasteiger partial charge in [0.15, 0.2) is 0 Å². The monoisotopic (exact) mass is 473 g/mol. The number of hydrogen-bond acceptors (Lipinski definition) is 6. The third kappa shape index (κ3) is 3.52. The fourth-order valence-electron chi connectivity index (χ4n) is 5.83. The van der Waals surface area contributed by atoms with Gasteiger partial charge in [0.05, 0.1) is 5.92 Å². The number of carboxylic acid groups (broad SMARTS) is 1. The molecule has 1 aromatic heterocycles. The minimum absolute atomic E-state index is 0.0399. The molecule has 2 aliphatic heterocycles. The van der Waals surface area contributed by atoms with Crippen molar-refractivity contribution < 1.29 is 24.2 Å². The number of anilines is 1. The van der Waals surface area contributed by atoms with Gasteiger partial charge in [0, 0.05) is 18.0 Å². The fourth-order valence-corrected chi connectivity index (χ4v) is 5.83. The van der Waals surface area contributed by atoms with Gasteiger partial charge < -0.3 is 14.7 Å². The van der Waals surface area contributed by atoms with Crippen LogP contribution in [0.15, 0.2) is 48.5 Å². The summed E-state index contributed by atoms with van der Waals surface area (Å²) < 4.78 is 5.49. The smallest absolute Gasteiger partial charge is 0.414 e. The third-order valence-electron chi connectivity index (χ3n) is 7.33. The highest BCUT2D eigenvalue weighted by Crippen LogP contribution is 2.45. The summed E-state index contributed by atoms with van der Waals surface area (Å²) >= 11 is 0. The van der Waals surface area contributed by atoms with Crippen LogP contribution >= 0.6 is 0 Å². The summed E-state index contributed by atoms with van der Waals surface area (Å²) in [7, 11) is 0. The minimum Gasteiger partial charge on any atom is -0.481 e. The van der Waals surface area contributed by atoms with Crippen LogP contribution in [0.2, 0.25) is 0 Å². The van der Waals surface area contributed by atoms with Gasteiger partial charge in [-0.2, -0.15) is 4.98 Å². The molecule has 0 saturated carbocycles. The van der Waals surface area contributed by atoms with E-state index in [9.17, 15) is 19.5 Å². The van der Waals surface area contributed by atoms with Crippen LogP contribution in [0, 0.1) is 5.92 Å². The summed E-state index contributed by atoms with van der Waals surface area (Å²) in [6.07, 6.45) is 1.16. The van der Waals surface area contributed by atoms with Gasteiger partial charge in [-0.25, -0.2) is 4.79 Å². The average molecular weight is 473 g/mol. The van der Waals surface area contributed by atoms with Crippen molar-refractivity contribution in [2.24, 2.45) is 5.92 Å². The van der Waals surface area contributed by atoms with Crippen molar-refractivity contribution >= 4 is 23.9 Å². The summed E-state index contributed by atoms with van der Waals surface area (Å²) in [5.74, 6) is -2.04. The predicted octanol–water partition coefficient (Wildman–Crippen LogP) is 3.24. The molecule has 10 heteroatoms. The molecule has 2 fully saturated rings. The maximum absolute atomic E-state index is 13.0. The summed E-state index contributed by atoms with van der Waals surface area (Å²) in [6, 6.07) is 15.7. The lowest BCUT2D eigenvalue weighted by Gasteiger charge is -2.21. The van der Waals surface area contributed by atoms with Gasteiger partial charge in [-0.15, -0.1) is 5.10 Å². The summed E-state index contributed by atoms with van der Waals surface area (Å²) in [5, 5.41) is 18.3. The van der Waals surface area contributed by atoms with Crippen LogP contribution in [-0.2, 0) is 9.53 Å². The van der Waals surface area contributed by atoms with Crippen molar-refractivity contribution in [2.45, 2.75) is 37.3 Å². The first-order chi connectivity index (χ1) is 17.0. The molecule has 0 radical (unpaired) electrons. The highest BCUT2D eigenvalue weighted by atomic mass is 16.5. The quantitative estimate of drug-likeness (QED) is 0.517. The number of aromatic amines is 1. The Balaban J connectivity index is 1.10. The van der Waals surface area contributed by atoms with Crippen LogP contribution in [0.25, 0.3) is 11.1 Å². The molecule has 2 amide bonds. The summed E-state index contributed by atoms with van der Waals surface area (Å²) in [6.45, 7) is 0.143. The molecule has 0 unspecified atom stereocenters. The number of carboxylic acids is 1. The molecule has 3 atom stereocenters. The molecule has 10 nitrogen and oxygen atoms in total. The van der Waals surface area contributed by atoms with Crippen molar-refractivity contribution in [3.8, 4) is 11.1 Å². The van der Waals surface area contributed by atoms with E-state index in [-0.39, 0.29) is 36.4 Å². The second kappa shape index (κ2) is 8.23. The van der Waals surface area contributed by atoms with E-state index in [0.29, 0.717) is 12.8 Å². The Kier molecular flexibility index (Phi) is 5.01. The first kappa shape index (κ1) is 21.3. The molecule has 3 heterocycles. The van der Waals surface area contributed by atoms with Gasteiger partial charge in [-0.1, -0.05) is 48.5 Å². The maximum Gasteiger partial charge on any atom is 0.414 e. The van der Waals surface area contributed by atoms with Gasteiger partial charge in [-0.3, -0.25) is 20.0 Å². The molecule has 2 bridgehead atoms. The zero-order valence-corrected chi connectivity index (χ0v) is 18.7. The Bertz CT molecular complexity index is 1290. The molecule has 1 aliphatic carbocycles. The van der Waals surface area contributed by atoms with Crippen molar-refractivity contribution in [3.05, 3.63) is 65.5 Å². The highest BCUT2D eigenvalue weighted by Gasteiger charge is 2.52. The summed E-state index contributed by atoms with van der Waals surface area (Å²) in [5.41, 5.74) is 4.48.